The molecule has 0 nitrogen and oxygen atoms in total. The van der Waals surface area contributed by atoms with Gasteiger partial charge < -0.3 is 0 Å². The Morgan fingerprint density at radius 3 is 2.58 bits per heavy atom. The summed E-state index contributed by atoms with van der Waals surface area (Å²) < 4.78 is 26.9. The van der Waals surface area contributed by atoms with E-state index in [0.717, 1.165) is 5.56 Å². The van der Waals surface area contributed by atoms with Gasteiger partial charge in [-0.25, -0.2) is 8.78 Å². The third-order valence-corrected chi connectivity index (χ3v) is 3.77. The van der Waals surface area contributed by atoms with Crippen molar-refractivity contribution in [2.24, 2.45) is 0 Å². The van der Waals surface area contributed by atoms with E-state index in [9.17, 15) is 8.78 Å². The largest absolute Gasteiger partial charge is 0.207 e. The molecule has 0 N–H and O–H groups in total. The Morgan fingerprint density at radius 2 is 1.89 bits per heavy atom. The van der Waals surface area contributed by atoms with Crippen LogP contribution in [0.5, 0.6) is 0 Å². The van der Waals surface area contributed by atoms with E-state index in [-0.39, 0.29) is 12.2 Å². The molecule has 2 rings (SSSR count). The van der Waals surface area contributed by atoms with E-state index in [1.807, 2.05) is 6.92 Å². The molecule has 0 heterocycles. The Morgan fingerprint density at radius 1 is 1.16 bits per heavy atom. The Bertz CT molecular complexity index is 576. The third kappa shape index (κ3) is 3.26. The summed E-state index contributed by atoms with van der Waals surface area (Å²) in [6.07, 6.45) is 0.220. The van der Waals surface area contributed by atoms with Crippen molar-refractivity contribution in [3.05, 3.63) is 69.7 Å². The van der Waals surface area contributed by atoms with Gasteiger partial charge in [-0.15, -0.1) is 11.6 Å². The van der Waals surface area contributed by atoms with Crippen molar-refractivity contribution in [3.63, 3.8) is 0 Å². The van der Waals surface area contributed by atoms with Gasteiger partial charge in [0.05, 0.1) is 5.38 Å². The van der Waals surface area contributed by atoms with E-state index in [4.69, 9.17) is 23.2 Å². The number of rotatable bonds is 3. The standard InChI is InChI=1S/C15H12Cl2F2/c1-9-5-6-10(18)7-11(9)14(17)8-12-13(16)3-2-4-15(12)19/h2-7,14H,8H2,1H3. The molecule has 19 heavy (non-hydrogen) atoms. The van der Waals surface area contributed by atoms with Gasteiger partial charge in [0.25, 0.3) is 0 Å². The van der Waals surface area contributed by atoms with Crippen LogP contribution in [0.1, 0.15) is 22.1 Å². The van der Waals surface area contributed by atoms with Crippen LogP contribution < -0.4 is 0 Å². The van der Waals surface area contributed by atoms with Gasteiger partial charge in [0.2, 0.25) is 0 Å². The van der Waals surface area contributed by atoms with Crippen molar-refractivity contribution in [1.29, 1.82) is 0 Å². The van der Waals surface area contributed by atoms with Crippen LogP contribution >= 0.6 is 23.2 Å². The Labute approximate surface area is 121 Å². The van der Waals surface area contributed by atoms with Crippen LogP contribution in [-0.2, 0) is 6.42 Å². The number of halogens is 4. The molecule has 0 aliphatic rings. The van der Waals surface area contributed by atoms with Gasteiger partial charge in [0, 0.05) is 10.6 Å². The maximum absolute atomic E-state index is 13.7. The van der Waals surface area contributed by atoms with Crippen LogP contribution in [0.15, 0.2) is 36.4 Å². The highest BCUT2D eigenvalue weighted by molar-refractivity contribution is 6.31. The molecule has 4 heteroatoms. The van der Waals surface area contributed by atoms with Gasteiger partial charge in [-0.3, -0.25) is 0 Å². The zero-order valence-corrected chi connectivity index (χ0v) is 11.8. The zero-order chi connectivity index (χ0) is 14.0. The summed E-state index contributed by atoms with van der Waals surface area (Å²) in [6, 6.07) is 8.90. The molecule has 1 unspecified atom stereocenters. The molecular formula is C15H12Cl2F2. The highest BCUT2D eigenvalue weighted by atomic mass is 35.5. The zero-order valence-electron chi connectivity index (χ0n) is 10.3. The summed E-state index contributed by atoms with van der Waals surface area (Å²) in [5.41, 5.74) is 1.88. The van der Waals surface area contributed by atoms with Crippen molar-refractivity contribution in [2.45, 2.75) is 18.7 Å². The minimum absolute atomic E-state index is 0.220. The van der Waals surface area contributed by atoms with E-state index in [0.29, 0.717) is 16.1 Å². The molecule has 0 spiro atoms. The van der Waals surface area contributed by atoms with Gasteiger partial charge in [-0.1, -0.05) is 23.7 Å². The summed E-state index contributed by atoms with van der Waals surface area (Å²) in [5.74, 6) is -0.752. The third-order valence-electron chi connectivity index (χ3n) is 3.02. The second-order valence-electron chi connectivity index (χ2n) is 4.37. The lowest BCUT2D eigenvalue weighted by atomic mass is 9.99. The molecule has 0 radical (unpaired) electrons. The summed E-state index contributed by atoms with van der Waals surface area (Å²) >= 11 is 12.2. The summed E-state index contributed by atoms with van der Waals surface area (Å²) in [6.45, 7) is 1.84. The van der Waals surface area contributed by atoms with E-state index < -0.39 is 11.2 Å². The fourth-order valence-corrected chi connectivity index (χ4v) is 2.59. The SMILES string of the molecule is Cc1ccc(F)cc1C(Cl)Cc1c(F)cccc1Cl. The van der Waals surface area contributed by atoms with E-state index in [1.54, 1.807) is 12.1 Å². The van der Waals surface area contributed by atoms with Gasteiger partial charge in [-0.2, -0.15) is 0 Å². The lowest BCUT2D eigenvalue weighted by molar-refractivity contribution is 0.605. The molecule has 0 aliphatic heterocycles. The predicted molar refractivity (Wildman–Crippen MR) is 74.8 cm³/mol. The Kier molecular flexibility index (Phi) is 4.43. The summed E-state index contributed by atoms with van der Waals surface area (Å²) in [4.78, 5) is 0. The minimum Gasteiger partial charge on any atom is -0.207 e. The van der Waals surface area contributed by atoms with E-state index in [1.165, 1.54) is 24.3 Å². The first kappa shape index (κ1) is 14.3. The second kappa shape index (κ2) is 5.89. The Balaban J connectivity index is 2.31. The van der Waals surface area contributed by atoms with Gasteiger partial charge >= 0.3 is 0 Å². The molecule has 2 aromatic rings. The number of benzene rings is 2. The predicted octanol–water partition coefficient (Wildman–Crippen LogP) is 5.45. The molecular weight excluding hydrogens is 289 g/mol. The van der Waals surface area contributed by atoms with Crippen LogP contribution in [-0.4, -0.2) is 0 Å². The van der Waals surface area contributed by atoms with Crippen LogP contribution in [0.4, 0.5) is 8.78 Å². The molecule has 0 bridgehead atoms. The van der Waals surface area contributed by atoms with Crippen LogP contribution in [0.25, 0.3) is 0 Å². The van der Waals surface area contributed by atoms with E-state index >= 15 is 0 Å². The molecule has 0 fully saturated rings. The average molecular weight is 301 g/mol. The first-order valence-electron chi connectivity index (χ1n) is 5.82. The van der Waals surface area contributed by atoms with Crippen LogP contribution in [0.3, 0.4) is 0 Å². The Hall–Kier alpha value is -1.12. The first-order chi connectivity index (χ1) is 8.99. The van der Waals surface area contributed by atoms with Crippen molar-refractivity contribution in [3.8, 4) is 0 Å². The lowest BCUT2D eigenvalue weighted by Crippen LogP contribution is -2.02. The molecule has 100 valence electrons. The van der Waals surface area contributed by atoms with Crippen LogP contribution in [0, 0.1) is 18.6 Å². The first-order valence-corrected chi connectivity index (χ1v) is 6.63. The number of hydrogen-bond donors (Lipinski definition) is 0. The molecule has 1 atom stereocenters. The highest BCUT2D eigenvalue weighted by Gasteiger charge is 2.16. The van der Waals surface area contributed by atoms with Gasteiger partial charge in [-0.05, 0) is 48.7 Å². The maximum Gasteiger partial charge on any atom is 0.127 e. The topological polar surface area (TPSA) is 0 Å². The second-order valence-corrected chi connectivity index (χ2v) is 5.31. The van der Waals surface area contributed by atoms with Gasteiger partial charge in [0.1, 0.15) is 11.6 Å². The van der Waals surface area contributed by atoms with Gasteiger partial charge in [0.15, 0.2) is 0 Å². The number of alkyl halides is 1. The molecule has 0 aliphatic carbocycles. The summed E-state index contributed by atoms with van der Waals surface area (Å²) in [7, 11) is 0. The maximum atomic E-state index is 13.7. The van der Waals surface area contributed by atoms with Crippen LogP contribution in [0.2, 0.25) is 5.02 Å². The van der Waals surface area contributed by atoms with E-state index in [2.05, 4.69) is 0 Å². The minimum atomic E-state index is -0.523. The van der Waals surface area contributed by atoms with Crippen molar-refractivity contribution >= 4 is 23.2 Å². The molecule has 0 amide bonds. The number of aryl methyl sites for hydroxylation is 1. The van der Waals surface area contributed by atoms with Crippen molar-refractivity contribution in [1.82, 2.24) is 0 Å². The molecule has 0 saturated heterocycles. The molecule has 2 aromatic carbocycles. The molecule has 0 aromatic heterocycles. The quantitative estimate of drug-likeness (QED) is 0.661. The average Bonchev–Trinajstić information content (AvgIpc) is 2.37. The smallest absolute Gasteiger partial charge is 0.127 e. The summed E-state index contributed by atoms with van der Waals surface area (Å²) in [5, 5.41) is -0.190. The number of hydrogen-bond acceptors (Lipinski definition) is 0. The van der Waals surface area contributed by atoms with Crippen molar-refractivity contribution in [2.75, 3.05) is 0 Å². The normalized spacial score (nSPS) is 12.5. The highest BCUT2D eigenvalue weighted by Crippen LogP contribution is 2.31. The molecule has 0 saturated carbocycles. The monoisotopic (exact) mass is 300 g/mol. The van der Waals surface area contributed by atoms with Crippen molar-refractivity contribution < 1.29 is 8.78 Å². The lowest BCUT2D eigenvalue weighted by Gasteiger charge is -2.14. The fourth-order valence-electron chi connectivity index (χ4n) is 1.97. The fraction of sp³-hybridized carbons (Fsp3) is 0.200.